The van der Waals surface area contributed by atoms with Gasteiger partial charge in [0.25, 0.3) is 0 Å². The standard InChI is InChI=1S/C17H20N2O4S/c1-12-11-24-17(21)19(12)8-7-16(20)18(2)9-13-10-22-14-5-3-4-6-15(14)23-13/h3-6,11,13H,7-10H2,1-2H3/t13-/m1/s1. The third kappa shape index (κ3) is 3.62. The maximum atomic E-state index is 12.3. The zero-order valence-electron chi connectivity index (χ0n) is 13.7. The number of benzene rings is 1. The van der Waals surface area contributed by atoms with Crippen LogP contribution < -0.4 is 14.3 Å². The molecule has 0 fully saturated rings. The van der Waals surface area contributed by atoms with E-state index in [4.69, 9.17) is 9.47 Å². The Bertz CT molecular complexity index is 783. The topological polar surface area (TPSA) is 60.8 Å². The van der Waals surface area contributed by atoms with Crippen LogP contribution in [0.5, 0.6) is 11.5 Å². The molecule has 0 aliphatic carbocycles. The summed E-state index contributed by atoms with van der Waals surface area (Å²) in [6.07, 6.45) is 0.0949. The molecular weight excluding hydrogens is 328 g/mol. The minimum atomic E-state index is -0.195. The lowest BCUT2D eigenvalue weighted by atomic mass is 10.2. The van der Waals surface area contributed by atoms with Crippen molar-refractivity contribution in [3.63, 3.8) is 0 Å². The number of ether oxygens (including phenoxy) is 2. The lowest BCUT2D eigenvalue weighted by molar-refractivity contribution is -0.131. The van der Waals surface area contributed by atoms with Gasteiger partial charge in [-0.15, -0.1) is 0 Å². The Morgan fingerprint density at radius 3 is 2.83 bits per heavy atom. The van der Waals surface area contributed by atoms with Gasteiger partial charge >= 0.3 is 4.87 Å². The highest BCUT2D eigenvalue weighted by molar-refractivity contribution is 7.07. The van der Waals surface area contributed by atoms with Gasteiger partial charge in [-0.05, 0) is 19.1 Å². The Labute approximate surface area is 144 Å². The van der Waals surface area contributed by atoms with Gasteiger partial charge in [-0.25, -0.2) is 0 Å². The van der Waals surface area contributed by atoms with Crippen molar-refractivity contribution >= 4 is 17.2 Å². The van der Waals surface area contributed by atoms with Gasteiger partial charge in [0.1, 0.15) is 6.61 Å². The van der Waals surface area contributed by atoms with Gasteiger partial charge in [0.05, 0.1) is 6.54 Å². The molecule has 0 spiro atoms. The van der Waals surface area contributed by atoms with Gasteiger partial charge in [-0.2, -0.15) is 0 Å². The first kappa shape index (κ1) is 16.6. The average molecular weight is 348 g/mol. The molecule has 0 N–H and O–H groups in total. The lowest BCUT2D eigenvalue weighted by Crippen LogP contribution is -2.42. The molecular formula is C17H20N2O4S. The van der Waals surface area contributed by atoms with Crippen LogP contribution in [-0.4, -0.2) is 41.7 Å². The number of hydrogen-bond acceptors (Lipinski definition) is 5. The number of carbonyl (C=O) groups is 1. The van der Waals surface area contributed by atoms with Crippen molar-refractivity contribution in [3.8, 4) is 11.5 Å². The van der Waals surface area contributed by atoms with E-state index in [9.17, 15) is 9.59 Å². The Morgan fingerprint density at radius 2 is 2.12 bits per heavy atom. The molecule has 0 radical (unpaired) electrons. The third-order valence-electron chi connectivity index (χ3n) is 4.00. The Kier molecular flexibility index (Phi) is 4.89. The van der Waals surface area contributed by atoms with E-state index in [1.54, 1.807) is 21.9 Å². The van der Waals surface area contributed by atoms with Crippen molar-refractivity contribution in [1.82, 2.24) is 9.47 Å². The van der Waals surface area contributed by atoms with E-state index in [0.29, 0.717) is 25.4 Å². The first-order valence-corrected chi connectivity index (χ1v) is 8.70. The van der Waals surface area contributed by atoms with Crippen LogP contribution in [0.3, 0.4) is 0 Å². The minimum Gasteiger partial charge on any atom is -0.486 e. The number of likely N-dealkylation sites (N-methyl/N-ethyl adjacent to an activating group) is 1. The monoisotopic (exact) mass is 348 g/mol. The minimum absolute atomic E-state index is 0.0186. The van der Waals surface area contributed by atoms with Crippen LogP contribution in [0.1, 0.15) is 12.1 Å². The maximum absolute atomic E-state index is 12.3. The molecule has 1 amide bonds. The molecule has 7 heteroatoms. The normalized spacial score (nSPS) is 16.0. The van der Waals surface area contributed by atoms with E-state index in [1.807, 2.05) is 31.2 Å². The largest absolute Gasteiger partial charge is 0.486 e. The molecule has 1 aromatic carbocycles. The van der Waals surface area contributed by atoms with E-state index in [1.165, 1.54) is 0 Å². The number of thiazole rings is 1. The Morgan fingerprint density at radius 1 is 1.38 bits per heavy atom. The molecule has 6 nitrogen and oxygen atoms in total. The number of amides is 1. The van der Waals surface area contributed by atoms with Crippen LogP contribution in [0, 0.1) is 6.92 Å². The van der Waals surface area contributed by atoms with Gasteiger partial charge < -0.3 is 18.9 Å². The fourth-order valence-electron chi connectivity index (χ4n) is 2.63. The zero-order valence-corrected chi connectivity index (χ0v) is 14.5. The fourth-order valence-corrected chi connectivity index (χ4v) is 3.39. The number of nitrogens with zero attached hydrogens (tertiary/aromatic N) is 2. The van der Waals surface area contributed by atoms with Crippen molar-refractivity contribution in [2.45, 2.75) is 26.0 Å². The van der Waals surface area contributed by atoms with Gasteiger partial charge in [0, 0.05) is 31.1 Å². The van der Waals surface area contributed by atoms with Crippen LogP contribution in [0.2, 0.25) is 0 Å². The van der Waals surface area contributed by atoms with E-state index in [2.05, 4.69) is 0 Å². The lowest BCUT2D eigenvalue weighted by Gasteiger charge is -2.29. The molecule has 0 saturated heterocycles. The number of rotatable bonds is 5. The van der Waals surface area contributed by atoms with Crippen molar-refractivity contribution in [3.05, 3.63) is 45.0 Å². The van der Waals surface area contributed by atoms with Crippen molar-refractivity contribution in [2.24, 2.45) is 0 Å². The predicted molar refractivity (Wildman–Crippen MR) is 91.9 cm³/mol. The molecule has 0 saturated carbocycles. The van der Waals surface area contributed by atoms with Crippen molar-refractivity contribution in [2.75, 3.05) is 20.2 Å². The van der Waals surface area contributed by atoms with Gasteiger partial charge in [0.15, 0.2) is 17.6 Å². The van der Waals surface area contributed by atoms with Crippen molar-refractivity contribution < 1.29 is 14.3 Å². The first-order chi connectivity index (χ1) is 11.5. The highest BCUT2D eigenvalue weighted by Gasteiger charge is 2.23. The van der Waals surface area contributed by atoms with Gasteiger partial charge in [-0.1, -0.05) is 23.5 Å². The molecule has 1 atom stereocenters. The quantitative estimate of drug-likeness (QED) is 0.828. The molecule has 2 aromatic rings. The summed E-state index contributed by atoms with van der Waals surface area (Å²) in [4.78, 5) is 25.6. The Hall–Kier alpha value is -2.28. The van der Waals surface area contributed by atoms with Crippen LogP contribution >= 0.6 is 11.3 Å². The molecule has 1 aliphatic rings. The summed E-state index contributed by atoms with van der Waals surface area (Å²) in [6.45, 7) is 3.14. The second-order valence-electron chi connectivity index (χ2n) is 5.82. The van der Waals surface area contributed by atoms with Crippen LogP contribution in [0.15, 0.2) is 34.4 Å². The van der Waals surface area contributed by atoms with Gasteiger partial charge in [0.2, 0.25) is 5.91 Å². The second kappa shape index (κ2) is 7.09. The van der Waals surface area contributed by atoms with E-state index in [0.717, 1.165) is 22.8 Å². The zero-order chi connectivity index (χ0) is 17.1. The fraction of sp³-hybridized carbons (Fsp3) is 0.412. The molecule has 2 heterocycles. The molecule has 1 aromatic heterocycles. The van der Waals surface area contributed by atoms with E-state index < -0.39 is 0 Å². The van der Waals surface area contributed by atoms with Crippen LogP contribution in [0.25, 0.3) is 0 Å². The molecule has 128 valence electrons. The first-order valence-electron chi connectivity index (χ1n) is 7.82. The summed E-state index contributed by atoms with van der Waals surface area (Å²) in [7, 11) is 1.75. The Balaban J connectivity index is 1.53. The molecule has 3 rings (SSSR count). The number of fused-ring (bicyclic) bond motifs is 1. The highest BCUT2D eigenvalue weighted by Crippen LogP contribution is 2.30. The smallest absolute Gasteiger partial charge is 0.307 e. The van der Waals surface area contributed by atoms with Gasteiger partial charge in [-0.3, -0.25) is 9.59 Å². The van der Waals surface area contributed by atoms with Crippen LogP contribution in [0.4, 0.5) is 0 Å². The molecule has 1 aliphatic heterocycles. The second-order valence-corrected chi connectivity index (χ2v) is 6.64. The summed E-state index contributed by atoms with van der Waals surface area (Å²) < 4.78 is 13.2. The molecule has 24 heavy (non-hydrogen) atoms. The number of para-hydroxylation sites is 2. The highest BCUT2D eigenvalue weighted by atomic mass is 32.1. The van der Waals surface area contributed by atoms with E-state index >= 15 is 0 Å². The third-order valence-corrected chi connectivity index (χ3v) is 4.88. The summed E-state index contributed by atoms with van der Waals surface area (Å²) in [5.41, 5.74) is 0.890. The van der Waals surface area contributed by atoms with Crippen molar-refractivity contribution in [1.29, 1.82) is 0 Å². The summed E-state index contributed by atoms with van der Waals surface area (Å²) in [6, 6.07) is 7.50. The SMILES string of the molecule is Cc1csc(=O)n1CCC(=O)N(C)C[C@@H]1COc2ccccc2O1. The number of aromatic nitrogens is 1. The molecule has 0 unspecified atom stereocenters. The molecule has 0 bridgehead atoms. The summed E-state index contributed by atoms with van der Waals surface area (Å²) >= 11 is 1.16. The maximum Gasteiger partial charge on any atom is 0.307 e. The van der Waals surface area contributed by atoms with Crippen LogP contribution in [-0.2, 0) is 11.3 Å². The predicted octanol–water partition coefficient (Wildman–Crippen LogP) is 1.91. The van der Waals surface area contributed by atoms with E-state index in [-0.39, 0.29) is 23.3 Å². The average Bonchev–Trinajstić information content (AvgIpc) is 2.90. The summed E-state index contributed by atoms with van der Waals surface area (Å²) in [5.74, 6) is 1.42. The summed E-state index contributed by atoms with van der Waals surface area (Å²) in [5, 5.41) is 1.81. The number of carbonyl (C=O) groups excluding carboxylic acids is 1. The number of aryl methyl sites for hydroxylation is 1. The number of hydrogen-bond donors (Lipinski definition) is 0.